The van der Waals surface area contributed by atoms with Gasteiger partial charge >= 0.3 is 6.09 Å². The van der Waals surface area contributed by atoms with Gasteiger partial charge in [0.25, 0.3) is 5.91 Å². The van der Waals surface area contributed by atoms with E-state index in [4.69, 9.17) is 14.5 Å². The summed E-state index contributed by atoms with van der Waals surface area (Å²) in [7, 11) is 1.61. The Morgan fingerprint density at radius 1 is 1.04 bits per heavy atom. The first-order chi connectivity index (χ1) is 22.1. The summed E-state index contributed by atoms with van der Waals surface area (Å²) in [6, 6.07) is 13.6. The highest BCUT2D eigenvalue weighted by Gasteiger charge is 2.34. The molecule has 2 aromatic carbocycles. The van der Waals surface area contributed by atoms with E-state index in [2.05, 4.69) is 50.1 Å². The topological polar surface area (TPSA) is 103 Å². The molecule has 2 aliphatic heterocycles. The number of carbonyl (C=O) groups excluding carboxylic acids is 2. The Morgan fingerprint density at radius 2 is 1.80 bits per heavy atom. The van der Waals surface area contributed by atoms with Crippen LogP contribution in [-0.4, -0.2) is 82.1 Å². The lowest BCUT2D eigenvalue weighted by molar-refractivity contribution is 0.0394. The van der Waals surface area contributed by atoms with Gasteiger partial charge in [-0.1, -0.05) is 18.2 Å². The second-order valence-electron chi connectivity index (χ2n) is 14.1. The number of fused-ring (bicyclic) bond motifs is 2. The van der Waals surface area contributed by atoms with E-state index in [9.17, 15) is 14.0 Å². The number of hydrogen-bond acceptors (Lipinski definition) is 6. The highest BCUT2D eigenvalue weighted by atomic mass is 19.1. The Kier molecular flexibility index (Phi) is 7.91. The molecule has 4 aromatic rings. The molecule has 2 aromatic heterocycles. The lowest BCUT2D eigenvalue weighted by atomic mass is 10.0. The molecule has 244 valence electrons. The summed E-state index contributed by atoms with van der Waals surface area (Å²) in [6.07, 6.45) is 0.684. The van der Waals surface area contributed by atoms with Crippen molar-refractivity contribution in [1.82, 2.24) is 29.7 Å². The van der Waals surface area contributed by atoms with Crippen LogP contribution in [0.2, 0.25) is 0 Å². The number of piperidine rings is 1. The number of likely N-dealkylation sites (tertiary alicyclic amines) is 1. The van der Waals surface area contributed by atoms with Crippen LogP contribution in [0.15, 0.2) is 42.5 Å². The summed E-state index contributed by atoms with van der Waals surface area (Å²) in [6.45, 7) is 9.00. The fourth-order valence-corrected chi connectivity index (χ4v) is 6.73. The Hall–Kier alpha value is -4.12. The van der Waals surface area contributed by atoms with Crippen molar-refractivity contribution >= 4 is 33.9 Å². The summed E-state index contributed by atoms with van der Waals surface area (Å²) < 4.78 is 30.9. The van der Waals surface area contributed by atoms with Crippen LogP contribution < -0.4 is 15.4 Å². The second kappa shape index (κ2) is 11.9. The van der Waals surface area contributed by atoms with Gasteiger partial charge in [0.15, 0.2) is 5.82 Å². The van der Waals surface area contributed by atoms with Crippen molar-refractivity contribution in [3.63, 3.8) is 0 Å². The van der Waals surface area contributed by atoms with Crippen molar-refractivity contribution in [2.24, 2.45) is 11.8 Å². The predicted octanol–water partition coefficient (Wildman–Crippen LogP) is 5.37. The van der Waals surface area contributed by atoms with E-state index in [1.54, 1.807) is 40.0 Å². The quantitative estimate of drug-likeness (QED) is 0.271. The number of ether oxygens (including phenoxy) is 2. The van der Waals surface area contributed by atoms with Crippen molar-refractivity contribution < 1.29 is 23.5 Å². The van der Waals surface area contributed by atoms with E-state index < -0.39 is 23.9 Å². The number of alkyl carbamates (subject to hydrolysis) is 1. The molecule has 3 aliphatic rings. The Morgan fingerprint density at radius 3 is 2.50 bits per heavy atom. The number of imidazole rings is 1. The first-order valence-corrected chi connectivity index (χ1v) is 16.4. The molecule has 46 heavy (non-hydrogen) atoms. The van der Waals surface area contributed by atoms with Crippen LogP contribution in [0.5, 0.6) is 5.75 Å². The number of para-hydroxylation sites is 1. The molecule has 1 saturated carbocycles. The zero-order valence-corrected chi connectivity index (χ0v) is 27.0. The molecule has 4 heterocycles. The second-order valence-corrected chi connectivity index (χ2v) is 14.1. The summed E-state index contributed by atoms with van der Waals surface area (Å²) in [5, 5.41) is 7.30. The Labute approximate surface area is 268 Å². The van der Waals surface area contributed by atoms with Crippen molar-refractivity contribution in [3.8, 4) is 17.3 Å². The molecule has 2 N–H and O–H groups in total. The van der Waals surface area contributed by atoms with Gasteiger partial charge in [-0.25, -0.2) is 14.2 Å². The van der Waals surface area contributed by atoms with Gasteiger partial charge in [0.05, 0.1) is 30.9 Å². The summed E-state index contributed by atoms with van der Waals surface area (Å²) in [5.41, 5.74) is 3.44. The minimum atomic E-state index is -1.28. The molecule has 7 rings (SSSR count). The molecular weight excluding hydrogens is 587 g/mol. The molecule has 0 radical (unpaired) electrons. The number of nitrogens with zero attached hydrogens (tertiary/aromatic N) is 4. The zero-order valence-electron chi connectivity index (χ0n) is 27.0. The maximum Gasteiger partial charge on any atom is 0.407 e. The number of methoxy groups -OCH3 is 1. The number of nitrogens with one attached hydrogen (secondary N) is 2. The number of hydrogen-bond donors (Lipinski definition) is 2. The van der Waals surface area contributed by atoms with Crippen LogP contribution in [0.3, 0.4) is 0 Å². The molecule has 2 amide bonds. The fraction of sp³-hybridized carbons (Fsp3) is 0.514. The van der Waals surface area contributed by atoms with Crippen LogP contribution in [0.1, 0.15) is 50.4 Å². The fourth-order valence-electron chi connectivity index (χ4n) is 6.73. The molecule has 1 aliphatic carbocycles. The molecule has 0 spiro atoms. The van der Waals surface area contributed by atoms with Crippen LogP contribution in [0.25, 0.3) is 33.5 Å². The standard InChI is InChI=1S/C35H43FN6O4/c1-35(2,3)46-34(44)38-26-14-25(36)19-40(20-26)33(43)24-11-27-31(30(13-24)45-4)42(18-22-15-37-16-22)32(39-27)29-12-23-7-5-6-8-28(23)41(29)17-21-9-10-21/h5-8,11-13,21-22,25-26,37H,9-10,14-20H2,1-4H3,(H,38,44)/t25-,26-/m1/s1. The Balaban J connectivity index is 1.26. The number of halogens is 1. The third kappa shape index (κ3) is 6.17. The molecule has 2 atom stereocenters. The molecule has 2 saturated heterocycles. The molecule has 3 fully saturated rings. The number of alkyl halides is 1. The monoisotopic (exact) mass is 630 g/mol. The molecule has 0 unspecified atom stereocenters. The average molecular weight is 631 g/mol. The van der Waals surface area contributed by atoms with Gasteiger partial charge < -0.3 is 34.1 Å². The van der Waals surface area contributed by atoms with Gasteiger partial charge in [-0.2, -0.15) is 0 Å². The summed E-state index contributed by atoms with van der Waals surface area (Å²) >= 11 is 0. The average Bonchev–Trinajstić information content (AvgIpc) is 3.62. The van der Waals surface area contributed by atoms with Gasteiger partial charge in [0, 0.05) is 61.5 Å². The minimum absolute atomic E-state index is 0.0542. The van der Waals surface area contributed by atoms with E-state index >= 15 is 0 Å². The number of amides is 2. The van der Waals surface area contributed by atoms with Crippen molar-refractivity contribution in [3.05, 3.63) is 48.0 Å². The predicted molar refractivity (Wildman–Crippen MR) is 175 cm³/mol. The summed E-state index contributed by atoms with van der Waals surface area (Å²) in [4.78, 5) is 33.0. The van der Waals surface area contributed by atoms with Crippen LogP contribution in [0.4, 0.5) is 9.18 Å². The van der Waals surface area contributed by atoms with Crippen molar-refractivity contribution in [1.29, 1.82) is 0 Å². The van der Waals surface area contributed by atoms with Crippen LogP contribution in [0, 0.1) is 11.8 Å². The third-order valence-electron chi connectivity index (χ3n) is 9.17. The molecule has 10 nitrogen and oxygen atoms in total. The van der Waals surface area contributed by atoms with Crippen molar-refractivity contribution in [2.45, 2.75) is 70.9 Å². The molecule has 11 heteroatoms. The number of benzene rings is 2. The maximum atomic E-state index is 14.9. The SMILES string of the molecule is COc1cc(C(=O)N2C[C@H](F)C[C@@H](NC(=O)OC(C)(C)C)C2)cc2nc(-c3cc4ccccc4n3CC3CC3)n(CC3CNC3)c12. The van der Waals surface area contributed by atoms with Gasteiger partial charge in [0.1, 0.15) is 23.0 Å². The number of aromatic nitrogens is 3. The van der Waals surface area contributed by atoms with E-state index in [1.807, 2.05) is 0 Å². The van der Waals surface area contributed by atoms with Gasteiger partial charge in [-0.15, -0.1) is 0 Å². The van der Waals surface area contributed by atoms with Gasteiger partial charge in [0.2, 0.25) is 0 Å². The third-order valence-corrected chi connectivity index (χ3v) is 9.17. The van der Waals surface area contributed by atoms with Crippen molar-refractivity contribution in [2.75, 3.05) is 33.3 Å². The lowest BCUT2D eigenvalue weighted by Gasteiger charge is -2.35. The van der Waals surface area contributed by atoms with E-state index in [1.165, 1.54) is 28.6 Å². The summed E-state index contributed by atoms with van der Waals surface area (Å²) in [5.74, 6) is 2.19. The maximum absolute atomic E-state index is 14.9. The highest BCUT2D eigenvalue weighted by molar-refractivity contribution is 6.00. The number of rotatable bonds is 8. The molecule has 0 bridgehead atoms. The van der Waals surface area contributed by atoms with Crippen LogP contribution in [-0.2, 0) is 17.8 Å². The van der Waals surface area contributed by atoms with Crippen LogP contribution >= 0.6 is 0 Å². The smallest absolute Gasteiger partial charge is 0.407 e. The highest BCUT2D eigenvalue weighted by Crippen LogP contribution is 2.39. The first kappa shape index (κ1) is 30.5. The zero-order chi connectivity index (χ0) is 32.2. The van der Waals surface area contributed by atoms with Gasteiger partial charge in [-0.05, 0) is 63.8 Å². The normalized spacial score (nSPS) is 20.6. The lowest BCUT2D eigenvalue weighted by Crippen LogP contribution is -2.54. The number of carbonyl (C=O) groups is 2. The molecular formula is C35H43FN6O4. The Bertz CT molecular complexity index is 1780. The van der Waals surface area contributed by atoms with E-state index in [-0.39, 0.29) is 25.4 Å². The first-order valence-electron chi connectivity index (χ1n) is 16.4. The van der Waals surface area contributed by atoms with E-state index in [0.29, 0.717) is 28.7 Å². The minimum Gasteiger partial charge on any atom is -0.494 e. The largest absolute Gasteiger partial charge is 0.494 e. The van der Waals surface area contributed by atoms with E-state index in [0.717, 1.165) is 43.2 Å². The van der Waals surface area contributed by atoms with Gasteiger partial charge in [-0.3, -0.25) is 4.79 Å².